The highest BCUT2D eigenvalue weighted by Gasteiger charge is 2.42. The van der Waals surface area contributed by atoms with Crippen LogP contribution in [-0.2, 0) is 12.8 Å². The Morgan fingerprint density at radius 2 is 1.80 bits per heavy atom. The fraction of sp³-hybridized carbons (Fsp3) is 0.385. The van der Waals surface area contributed by atoms with Crippen LogP contribution < -0.4 is 0 Å². The van der Waals surface area contributed by atoms with Crippen LogP contribution in [0.4, 0.5) is 26.3 Å². The molecule has 2 aromatic rings. The van der Waals surface area contributed by atoms with E-state index < -0.39 is 41.4 Å². The predicted octanol–water partition coefficient (Wildman–Crippen LogP) is 4.25. The molecule has 3 rings (SSSR count). The van der Waals surface area contributed by atoms with E-state index in [1.54, 1.807) is 0 Å². The van der Waals surface area contributed by atoms with Gasteiger partial charge in [0.2, 0.25) is 0 Å². The first-order chi connectivity index (χ1) is 9.29. The van der Waals surface area contributed by atoms with Gasteiger partial charge in [0.05, 0.1) is 11.4 Å². The van der Waals surface area contributed by atoms with Crippen LogP contribution >= 0.6 is 0 Å². The lowest BCUT2D eigenvalue weighted by Crippen LogP contribution is -2.28. The number of aromatic nitrogens is 1. The SMILES string of the molecule is Fc1cc(F)c2[nH]c3c(c2c1F)CC(C(F)(F)F)CC3. The van der Waals surface area contributed by atoms with Crippen LogP contribution in [-0.4, -0.2) is 11.2 Å². The number of halogens is 6. The molecule has 108 valence electrons. The van der Waals surface area contributed by atoms with Crippen molar-refractivity contribution in [2.24, 2.45) is 5.92 Å². The maximum atomic E-state index is 13.8. The molecule has 1 nitrogen and oxygen atoms in total. The van der Waals surface area contributed by atoms with Crippen molar-refractivity contribution in [3.63, 3.8) is 0 Å². The van der Waals surface area contributed by atoms with E-state index in [1.807, 2.05) is 0 Å². The molecule has 0 spiro atoms. The van der Waals surface area contributed by atoms with Crippen LogP contribution in [0.5, 0.6) is 0 Å². The minimum atomic E-state index is -4.40. The van der Waals surface area contributed by atoms with Crippen molar-refractivity contribution >= 4 is 10.9 Å². The number of rotatable bonds is 0. The van der Waals surface area contributed by atoms with Crippen molar-refractivity contribution in [3.05, 3.63) is 34.8 Å². The highest BCUT2D eigenvalue weighted by Crippen LogP contribution is 2.40. The largest absolute Gasteiger partial charge is 0.392 e. The van der Waals surface area contributed by atoms with Gasteiger partial charge in [0.25, 0.3) is 0 Å². The third-order valence-electron chi connectivity index (χ3n) is 3.77. The first-order valence-corrected chi connectivity index (χ1v) is 6.02. The number of nitrogens with one attached hydrogen (secondary N) is 1. The number of aromatic amines is 1. The van der Waals surface area contributed by atoms with Crippen LogP contribution in [0, 0.1) is 23.4 Å². The fourth-order valence-electron chi connectivity index (χ4n) is 2.76. The van der Waals surface area contributed by atoms with Gasteiger partial charge in [0, 0.05) is 17.1 Å². The molecule has 1 unspecified atom stereocenters. The smallest absolute Gasteiger partial charge is 0.356 e. The molecule has 7 heteroatoms. The zero-order valence-electron chi connectivity index (χ0n) is 10.0. The Hall–Kier alpha value is -1.66. The van der Waals surface area contributed by atoms with Crippen molar-refractivity contribution in [3.8, 4) is 0 Å². The molecular formula is C13H9F6N. The zero-order chi connectivity index (χ0) is 14.7. The molecule has 1 aromatic heterocycles. The van der Waals surface area contributed by atoms with Crippen LogP contribution in [0.1, 0.15) is 17.7 Å². The summed E-state index contributed by atoms with van der Waals surface area (Å²) in [5.74, 6) is -5.32. The summed E-state index contributed by atoms with van der Waals surface area (Å²) in [6, 6.07) is 0.390. The van der Waals surface area contributed by atoms with Crippen molar-refractivity contribution < 1.29 is 26.3 Å². The molecule has 1 heterocycles. The summed E-state index contributed by atoms with van der Waals surface area (Å²) < 4.78 is 78.8. The monoisotopic (exact) mass is 293 g/mol. The van der Waals surface area contributed by atoms with Crippen LogP contribution in [0.3, 0.4) is 0 Å². The van der Waals surface area contributed by atoms with E-state index in [1.165, 1.54) is 0 Å². The Balaban J connectivity index is 2.20. The summed E-state index contributed by atoms with van der Waals surface area (Å²) in [5.41, 5.74) is 0.116. The first kappa shape index (κ1) is 13.3. The van der Waals surface area contributed by atoms with Gasteiger partial charge in [-0.1, -0.05) is 0 Å². The number of hydrogen-bond acceptors (Lipinski definition) is 0. The van der Waals surface area contributed by atoms with Crippen molar-refractivity contribution in [2.45, 2.75) is 25.4 Å². The Morgan fingerprint density at radius 1 is 1.10 bits per heavy atom. The summed E-state index contributed by atoms with van der Waals surface area (Å²) in [5, 5.41) is -0.397. The van der Waals surface area contributed by atoms with Gasteiger partial charge in [-0.25, -0.2) is 13.2 Å². The van der Waals surface area contributed by atoms with E-state index in [-0.39, 0.29) is 23.9 Å². The number of H-pyrrole nitrogens is 1. The van der Waals surface area contributed by atoms with E-state index in [9.17, 15) is 26.3 Å². The number of fused-ring (bicyclic) bond motifs is 3. The summed E-state index contributed by atoms with van der Waals surface area (Å²) in [7, 11) is 0. The molecule has 0 saturated heterocycles. The lowest BCUT2D eigenvalue weighted by molar-refractivity contribution is -0.177. The lowest BCUT2D eigenvalue weighted by Gasteiger charge is -2.24. The van der Waals surface area contributed by atoms with Gasteiger partial charge in [0.15, 0.2) is 11.6 Å². The molecule has 1 N–H and O–H groups in total. The average Bonchev–Trinajstić information content (AvgIpc) is 2.74. The molecule has 0 amide bonds. The van der Waals surface area contributed by atoms with E-state index in [4.69, 9.17) is 0 Å². The summed E-state index contributed by atoms with van der Waals surface area (Å²) in [6.45, 7) is 0. The molecule has 1 aliphatic carbocycles. The van der Waals surface area contributed by atoms with Gasteiger partial charge in [-0.3, -0.25) is 0 Å². The maximum absolute atomic E-state index is 13.8. The van der Waals surface area contributed by atoms with Crippen LogP contribution in [0.25, 0.3) is 10.9 Å². The third kappa shape index (κ3) is 1.87. The highest BCUT2D eigenvalue weighted by atomic mass is 19.4. The van der Waals surface area contributed by atoms with Gasteiger partial charge in [0.1, 0.15) is 5.82 Å². The third-order valence-corrected chi connectivity index (χ3v) is 3.77. The molecule has 0 fully saturated rings. The summed E-state index contributed by atoms with van der Waals surface area (Å²) in [6.07, 6.45) is -4.97. The topological polar surface area (TPSA) is 15.8 Å². The van der Waals surface area contributed by atoms with E-state index in [0.717, 1.165) is 0 Å². The fourth-order valence-corrected chi connectivity index (χ4v) is 2.76. The molecule has 0 saturated carbocycles. The number of aryl methyl sites for hydroxylation is 1. The van der Waals surface area contributed by atoms with Crippen molar-refractivity contribution in [1.29, 1.82) is 0 Å². The molecule has 1 aliphatic rings. The van der Waals surface area contributed by atoms with Gasteiger partial charge in [-0.15, -0.1) is 0 Å². The number of benzene rings is 1. The molecule has 1 aromatic carbocycles. The minimum Gasteiger partial charge on any atom is -0.356 e. The number of hydrogen-bond donors (Lipinski definition) is 1. The highest BCUT2D eigenvalue weighted by molar-refractivity contribution is 5.86. The molecular weight excluding hydrogens is 284 g/mol. The normalized spacial score (nSPS) is 19.4. The predicted molar refractivity (Wildman–Crippen MR) is 59.7 cm³/mol. The first-order valence-electron chi connectivity index (χ1n) is 6.02. The Morgan fingerprint density at radius 3 is 2.45 bits per heavy atom. The van der Waals surface area contributed by atoms with E-state index in [2.05, 4.69) is 4.98 Å². The van der Waals surface area contributed by atoms with Crippen molar-refractivity contribution in [2.75, 3.05) is 0 Å². The van der Waals surface area contributed by atoms with Crippen molar-refractivity contribution in [1.82, 2.24) is 4.98 Å². The van der Waals surface area contributed by atoms with Crippen LogP contribution in [0.2, 0.25) is 0 Å². The molecule has 0 bridgehead atoms. The Bertz CT molecular complexity index is 684. The minimum absolute atomic E-state index is 0.0319. The standard InChI is InChI=1S/C13H9F6N/c14-7-4-8(15)12-10(11(7)16)6-3-5(13(17,18)19)1-2-9(6)20-12/h4-5,20H,1-3H2. The summed E-state index contributed by atoms with van der Waals surface area (Å²) in [4.78, 5) is 2.58. The number of alkyl halides is 3. The molecule has 1 atom stereocenters. The summed E-state index contributed by atoms with van der Waals surface area (Å²) >= 11 is 0. The second-order valence-corrected chi connectivity index (χ2v) is 4.97. The molecule has 0 radical (unpaired) electrons. The molecule has 20 heavy (non-hydrogen) atoms. The maximum Gasteiger partial charge on any atom is 0.392 e. The van der Waals surface area contributed by atoms with Gasteiger partial charge in [-0.05, 0) is 24.8 Å². The van der Waals surface area contributed by atoms with Gasteiger partial charge < -0.3 is 4.98 Å². The van der Waals surface area contributed by atoms with Gasteiger partial charge >= 0.3 is 6.18 Å². The van der Waals surface area contributed by atoms with Crippen LogP contribution in [0.15, 0.2) is 6.07 Å². The Labute approximate surface area is 109 Å². The zero-order valence-corrected chi connectivity index (χ0v) is 10.0. The van der Waals surface area contributed by atoms with Gasteiger partial charge in [-0.2, -0.15) is 13.2 Å². The quantitative estimate of drug-likeness (QED) is 0.552. The second-order valence-electron chi connectivity index (χ2n) is 4.97. The lowest BCUT2D eigenvalue weighted by atomic mass is 9.86. The van der Waals surface area contributed by atoms with E-state index in [0.29, 0.717) is 11.8 Å². The Kier molecular flexibility index (Phi) is 2.78. The second kappa shape index (κ2) is 4.17. The molecule has 0 aliphatic heterocycles. The average molecular weight is 293 g/mol. The van der Waals surface area contributed by atoms with E-state index >= 15 is 0 Å².